The number of carbonyl (C=O) groups is 2. The standard InChI is InChI=1S/C22H25ClN2O3/c1-15(26)24-20(16-5-9-18(23)10-6-16)14-22(27)25-13-3-4-21(25)17-7-11-19(28-2)12-8-17/h5-12,20-21H,3-4,13-14H2,1-2H3,(H,24,26)/t20-,21-/m0/s1. The lowest BCUT2D eigenvalue weighted by Crippen LogP contribution is -2.35. The SMILES string of the molecule is COc1ccc([C@@H]2CCCN2C(=O)C[C@H](NC(C)=O)c2ccc(Cl)cc2)cc1. The summed E-state index contributed by atoms with van der Waals surface area (Å²) >= 11 is 5.97. The minimum Gasteiger partial charge on any atom is -0.497 e. The van der Waals surface area contributed by atoms with E-state index in [0.717, 1.165) is 36.3 Å². The van der Waals surface area contributed by atoms with Gasteiger partial charge in [0.1, 0.15) is 5.75 Å². The van der Waals surface area contributed by atoms with Crippen LogP contribution in [0.15, 0.2) is 48.5 Å². The Kier molecular flexibility index (Phi) is 6.57. The van der Waals surface area contributed by atoms with Crippen LogP contribution in [0.2, 0.25) is 5.02 Å². The Balaban J connectivity index is 1.75. The maximum absolute atomic E-state index is 13.1. The molecule has 0 bridgehead atoms. The Morgan fingerprint density at radius 2 is 1.86 bits per heavy atom. The number of nitrogens with zero attached hydrogens (tertiary/aromatic N) is 1. The molecular weight excluding hydrogens is 376 g/mol. The van der Waals surface area contributed by atoms with Crippen molar-refractivity contribution in [1.82, 2.24) is 10.2 Å². The molecule has 0 aromatic heterocycles. The largest absolute Gasteiger partial charge is 0.497 e. The summed E-state index contributed by atoms with van der Waals surface area (Å²) in [5, 5.41) is 3.51. The Labute approximate surface area is 170 Å². The van der Waals surface area contributed by atoms with Gasteiger partial charge in [0.05, 0.1) is 25.6 Å². The quantitative estimate of drug-likeness (QED) is 0.787. The van der Waals surface area contributed by atoms with Crippen LogP contribution in [0.5, 0.6) is 5.75 Å². The number of ether oxygens (including phenoxy) is 1. The molecule has 1 saturated heterocycles. The van der Waals surface area contributed by atoms with Gasteiger partial charge in [-0.25, -0.2) is 0 Å². The van der Waals surface area contributed by atoms with Gasteiger partial charge in [-0.1, -0.05) is 35.9 Å². The molecule has 1 fully saturated rings. The number of methoxy groups -OCH3 is 1. The molecule has 0 radical (unpaired) electrons. The zero-order valence-electron chi connectivity index (χ0n) is 16.2. The number of amides is 2. The second-order valence-corrected chi connectivity index (χ2v) is 7.46. The fourth-order valence-electron chi connectivity index (χ4n) is 3.72. The van der Waals surface area contributed by atoms with Crippen LogP contribution in [0, 0.1) is 0 Å². The van der Waals surface area contributed by atoms with Gasteiger partial charge in [-0.05, 0) is 48.2 Å². The molecule has 1 N–H and O–H groups in total. The van der Waals surface area contributed by atoms with Crippen LogP contribution in [-0.2, 0) is 9.59 Å². The van der Waals surface area contributed by atoms with E-state index in [0.29, 0.717) is 5.02 Å². The van der Waals surface area contributed by atoms with Gasteiger partial charge < -0.3 is 15.0 Å². The first-order valence-electron chi connectivity index (χ1n) is 9.44. The predicted octanol–water partition coefficient (Wildman–Crippen LogP) is 4.28. The second kappa shape index (κ2) is 9.11. The molecule has 2 aromatic carbocycles. The minimum atomic E-state index is -0.376. The van der Waals surface area contributed by atoms with Crippen molar-refractivity contribution in [1.29, 1.82) is 0 Å². The number of likely N-dealkylation sites (tertiary alicyclic amines) is 1. The second-order valence-electron chi connectivity index (χ2n) is 7.03. The van der Waals surface area contributed by atoms with Crippen molar-refractivity contribution in [3.05, 3.63) is 64.7 Å². The lowest BCUT2D eigenvalue weighted by molar-refractivity contribution is -0.133. The van der Waals surface area contributed by atoms with Gasteiger partial charge >= 0.3 is 0 Å². The molecule has 3 rings (SSSR count). The van der Waals surface area contributed by atoms with Gasteiger partial charge in [0.25, 0.3) is 0 Å². The van der Waals surface area contributed by atoms with Crippen LogP contribution in [0.3, 0.4) is 0 Å². The fraction of sp³-hybridized carbons (Fsp3) is 0.364. The van der Waals surface area contributed by atoms with Crippen molar-refractivity contribution in [2.75, 3.05) is 13.7 Å². The molecule has 5 nitrogen and oxygen atoms in total. The molecule has 1 aliphatic rings. The summed E-state index contributed by atoms with van der Waals surface area (Å²) in [5.74, 6) is 0.668. The Bertz CT molecular complexity index is 821. The number of hydrogen-bond donors (Lipinski definition) is 1. The molecule has 2 aromatic rings. The Hall–Kier alpha value is -2.53. The van der Waals surface area contributed by atoms with E-state index in [-0.39, 0.29) is 30.3 Å². The number of carbonyl (C=O) groups excluding carboxylic acids is 2. The highest BCUT2D eigenvalue weighted by Gasteiger charge is 2.31. The average molecular weight is 401 g/mol. The molecular formula is C22H25ClN2O3. The maximum atomic E-state index is 13.1. The summed E-state index contributed by atoms with van der Waals surface area (Å²) in [6.45, 7) is 2.19. The number of rotatable bonds is 6. The van der Waals surface area contributed by atoms with Crippen molar-refractivity contribution >= 4 is 23.4 Å². The van der Waals surface area contributed by atoms with E-state index >= 15 is 0 Å². The predicted molar refractivity (Wildman–Crippen MR) is 109 cm³/mol. The molecule has 6 heteroatoms. The van der Waals surface area contributed by atoms with Gasteiger partial charge in [-0.2, -0.15) is 0 Å². The Morgan fingerprint density at radius 3 is 2.46 bits per heavy atom. The summed E-state index contributed by atoms with van der Waals surface area (Å²) < 4.78 is 5.22. The lowest BCUT2D eigenvalue weighted by atomic mass is 10.0. The molecule has 2 atom stereocenters. The van der Waals surface area contributed by atoms with Gasteiger partial charge in [0.2, 0.25) is 11.8 Å². The number of halogens is 1. The van der Waals surface area contributed by atoms with E-state index in [1.165, 1.54) is 6.92 Å². The van der Waals surface area contributed by atoms with E-state index in [4.69, 9.17) is 16.3 Å². The third-order valence-corrected chi connectivity index (χ3v) is 5.35. The molecule has 0 spiro atoms. The molecule has 0 saturated carbocycles. The van der Waals surface area contributed by atoms with Crippen LogP contribution in [0.4, 0.5) is 0 Å². The third-order valence-electron chi connectivity index (χ3n) is 5.10. The van der Waals surface area contributed by atoms with Gasteiger partial charge in [-0.3, -0.25) is 9.59 Å². The molecule has 1 heterocycles. The molecule has 1 aliphatic heterocycles. The first-order chi connectivity index (χ1) is 13.5. The van der Waals surface area contributed by atoms with E-state index in [9.17, 15) is 9.59 Å². The van der Waals surface area contributed by atoms with Gasteiger partial charge in [-0.15, -0.1) is 0 Å². The van der Waals surface area contributed by atoms with Crippen molar-refractivity contribution in [3.8, 4) is 5.75 Å². The highest BCUT2D eigenvalue weighted by molar-refractivity contribution is 6.30. The molecule has 28 heavy (non-hydrogen) atoms. The smallest absolute Gasteiger partial charge is 0.225 e. The van der Waals surface area contributed by atoms with E-state index in [1.54, 1.807) is 19.2 Å². The molecule has 148 valence electrons. The topological polar surface area (TPSA) is 58.6 Å². The molecule has 2 amide bonds. The van der Waals surface area contributed by atoms with Crippen molar-refractivity contribution < 1.29 is 14.3 Å². The van der Waals surface area contributed by atoms with E-state index in [2.05, 4.69) is 5.32 Å². The minimum absolute atomic E-state index is 0.0343. The normalized spacial score (nSPS) is 17.2. The summed E-state index contributed by atoms with van der Waals surface area (Å²) in [4.78, 5) is 26.7. The zero-order valence-corrected chi connectivity index (χ0v) is 16.9. The van der Waals surface area contributed by atoms with Crippen LogP contribution >= 0.6 is 11.6 Å². The third kappa shape index (κ3) is 4.84. The van der Waals surface area contributed by atoms with Crippen LogP contribution < -0.4 is 10.1 Å². The number of benzene rings is 2. The Morgan fingerprint density at radius 1 is 1.18 bits per heavy atom. The first-order valence-corrected chi connectivity index (χ1v) is 9.81. The number of nitrogens with one attached hydrogen (secondary N) is 1. The van der Waals surface area contributed by atoms with Crippen LogP contribution in [-0.4, -0.2) is 30.4 Å². The first kappa shape index (κ1) is 20.2. The van der Waals surface area contributed by atoms with E-state index < -0.39 is 0 Å². The summed E-state index contributed by atoms with van der Waals surface area (Å²) in [6, 6.07) is 14.8. The summed E-state index contributed by atoms with van der Waals surface area (Å²) in [6.07, 6.45) is 2.12. The van der Waals surface area contributed by atoms with Gasteiger partial charge in [0, 0.05) is 18.5 Å². The van der Waals surface area contributed by atoms with Crippen LogP contribution in [0.1, 0.15) is 49.4 Å². The van der Waals surface area contributed by atoms with Crippen molar-refractivity contribution in [2.45, 2.75) is 38.3 Å². The van der Waals surface area contributed by atoms with Crippen molar-refractivity contribution in [3.63, 3.8) is 0 Å². The highest BCUT2D eigenvalue weighted by Crippen LogP contribution is 2.34. The maximum Gasteiger partial charge on any atom is 0.225 e. The fourth-order valence-corrected chi connectivity index (χ4v) is 3.85. The lowest BCUT2D eigenvalue weighted by Gasteiger charge is -2.28. The highest BCUT2D eigenvalue weighted by atomic mass is 35.5. The van der Waals surface area contributed by atoms with Crippen LogP contribution in [0.25, 0.3) is 0 Å². The molecule has 0 aliphatic carbocycles. The average Bonchev–Trinajstić information content (AvgIpc) is 3.18. The van der Waals surface area contributed by atoms with Crippen molar-refractivity contribution in [2.24, 2.45) is 0 Å². The monoisotopic (exact) mass is 400 g/mol. The molecule has 0 unspecified atom stereocenters. The summed E-state index contributed by atoms with van der Waals surface area (Å²) in [7, 11) is 1.64. The summed E-state index contributed by atoms with van der Waals surface area (Å²) in [5.41, 5.74) is 1.97. The zero-order chi connectivity index (χ0) is 20.1. The van der Waals surface area contributed by atoms with Gasteiger partial charge in [0.15, 0.2) is 0 Å². The van der Waals surface area contributed by atoms with E-state index in [1.807, 2.05) is 41.3 Å². The number of hydrogen-bond acceptors (Lipinski definition) is 3.